The molecule has 94 valence electrons. The number of ether oxygens (including phenoxy) is 2. The minimum atomic E-state index is -0.957. The molecule has 4 nitrogen and oxygen atoms in total. The van der Waals surface area contributed by atoms with Crippen molar-refractivity contribution in [2.24, 2.45) is 0 Å². The smallest absolute Gasteiger partial charge is 0.324 e. The molecule has 1 aromatic rings. The van der Waals surface area contributed by atoms with E-state index in [0.29, 0.717) is 5.56 Å². The van der Waals surface area contributed by atoms with Gasteiger partial charge in [0.05, 0.1) is 13.2 Å². The lowest BCUT2D eigenvalue weighted by Gasteiger charge is -2.14. The fraction of sp³-hybridized carbons (Fsp3) is 0.500. The third-order valence-corrected chi connectivity index (χ3v) is 3.13. The molecule has 0 saturated heterocycles. The molecule has 0 aliphatic heterocycles. The number of carbonyl (C=O) groups excluding carboxylic acids is 2. The summed E-state index contributed by atoms with van der Waals surface area (Å²) in [7, 11) is 0. The van der Waals surface area contributed by atoms with Gasteiger partial charge in [0.25, 0.3) is 0 Å². The number of rotatable bonds is 5. The Kier molecular flexibility index (Phi) is 5.15. The molecule has 5 heteroatoms. The van der Waals surface area contributed by atoms with E-state index in [2.05, 4.69) is 0 Å². The van der Waals surface area contributed by atoms with Crippen molar-refractivity contribution in [1.82, 2.24) is 0 Å². The second-order valence-corrected chi connectivity index (χ2v) is 4.19. The summed E-state index contributed by atoms with van der Waals surface area (Å²) in [6, 6.07) is 0. The molecule has 0 bridgehead atoms. The molecular formula is C12H16O4S. The van der Waals surface area contributed by atoms with Crippen LogP contribution in [0.2, 0.25) is 0 Å². The Morgan fingerprint density at radius 1 is 1.18 bits per heavy atom. The van der Waals surface area contributed by atoms with Crippen molar-refractivity contribution in [3.05, 3.63) is 21.9 Å². The lowest BCUT2D eigenvalue weighted by atomic mass is 9.99. The van der Waals surface area contributed by atoms with Crippen LogP contribution in [0.3, 0.4) is 0 Å². The third-order valence-electron chi connectivity index (χ3n) is 2.25. The summed E-state index contributed by atoms with van der Waals surface area (Å²) in [4.78, 5) is 23.6. The second-order valence-electron chi connectivity index (χ2n) is 3.45. The quantitative estimate of drug-likeness (QED) is 0.599. The van der Waals surface area contributed by atoms with Crippen LogP contribution in [0.1, 0.15) is 30.9 Å². The first-order valence-electron chi connectivity index (χ1n) is 5.47. The van der Waals surface area contributed by atoms with E-state index in [1.54, 1.807) is 19.2 Å². The zero-order valence-corrected chi connectivity index (χ0v) is 11.0. The van der Waals surface area contributed by atoms with Gasteiger partial charge < -0.3 is 9.47 Å². The zero-order valence-electron chi connectivity index (χ0n) is 10.2. The maximum atomic E-state index is 11.8. The highest BCUT2D eigenvalue weighted by Gasteiger charge is 2.32. The fourth-order valence-electron chi connectivity index (χ4n) is 1.47. The molecule has 0 amide bonds. The van der Waals surface area contributed by atoms with Gasteiger partial charge in [0, 0.05) is 0 Å². The Balaban J connectivity index is 2.98. The summed E-state index contributed by atoms with van der Waals surface area (Å²) >= 11 is 1.45. The molecule has 1 rings (SSSR count). The molecule has 0 aliphatic carbocycles. The second kappa shape index (κ2) is 6.39. The topological polar surface area (TPSA) is 52.6 Å². The van der Waals surface area contributed by atoms with Gasteiger partial charge in [0.2, 0.25) is 0 Å². The van der Waals surface area contributed by atoms with Gasteiger partial charge >= 0.3 is 11.9 Å². The predicted molar refractivity (Wildman–Crippen MR) is 65.1 cm³/mol. The zero-order chi connectivity index (χ0) is 12.8. The number of hydrogen-bond donors (Lipinski definition) is 0. The molecule has 1 aromatic heterocycles. The SMILES string of the molecule is CCOC(=O)C(C(=O)OCC)c1cscc1C. The van der Waals surface area contributed by atoms with Crippen LogP contribution in [0.15, 0.2) is 10.8 Å². The number of hydrogen-bond acceptors (Lipinski definition) is 5. The van der Waals surface area contributed by atoms with Crippen molar-refractivity contribution >= 4 is 23.3 Å². The van der Waals surface area contributed by atoms with Crippen LogP contribution in [0, 0.1) is 6.92 Å². The summed E-state index contributed by atoms with van der Waals surface area (Å²) in [5.41, 5.74) is 1.58. The van der Waals surface area contributed by atoms with Crippen LogP contribution in [0.4, 0.5) is 0 Å². The largest absolute Gasteiger partial charge is 0.465 e. The van der Waals surface area contributed by atoms with Crippen molar-refractivity contribution in [3.63, 3.8) is 0 Å². The van der Waals surface area contributed by atoms with Crippen LogP contribution >= 0.6 is 11.3 Å². The van der Waals surface area contributed by atoms with Gasteiger partial charge in [0.1, 0.15) is 0 Å². The van der Waals surface area contributed by atoms with Gasteiger partial charge in [-0.1, -0.05) is 0 Å². The van der Waals surface area contributed by atoms with Gasteiger partial charge in [0.15, 0.2) is 5.92 Å². The van der Waals surface area contributed by atoms with E-state index >= 15 is 0 Å². The van der Waals surface area contributed by atoms with E-state index in [4.69, 9.17) is 9.47 Å². The molecule has 0 radical (unpaired) electrons. The first-order valence-corrected chi connectivity index (χ1v) is 6.42. The Labute approximate surface area is 105 Å². The van der Waals surface area contributed by atoms with Crippen LogP contribution in [0.5, 0.6) is 0 Å². The van der Waals surface area contributed by atoms with Crippen molar-refractivity contribution in [2.75, 3.05) is 13.2 Å². The Hall–Kier alpha value is -1.36. The highest BCUT2D eigenvalue weighted by molar-refractivity contribution is 7.08. The minimum Gasteiger partial charge on any atom is -0.465 e. The average Bonchev–Trinajstić information content (AvgIpc) is 2.66. The predicted octanol–water partition coefficient (Wildman–Crippen LogP) is 2.27. The summed E-state index contributed by atoms with van der Waals surface area (Å²) in [5.74, 6) is -2.05. The van der Waals surface area contributed by atoms with Crippen LogP contribution < -0.4 is 0 Å². The monoisotopic (exact) mass is 256 g/mol. The molecule has 0 fully saturated rings. The van der Waals surface area contributed by atoms with Gasteiger partial charge in [-0.2, -0.15) is 11.3 Å². The Morgan fingerprint density at radius 2 is 1.71 bits per heavy atom. The number of aryl methyl sites for hydroxylation is 1. The van der Waals surface area contributed by atoms with Crippen molar-refractivity contribution in [3.8, 4) is 0 Å². The van der Waals surface area contributed by atoms with Crippen LogP contribution in [0.25, 0.3) is 0 Å². The number of thiophene rings is 1. The normalized spacial score (nSPS) is 10.4. The lowest BCUT2D eigenvalue weighted by molar-refractivity contribution is -0.156. The van der Waals surface area contributed by atoms with Crippen molar-refractivity contribution in [1.29, 1.82) is 0 Å². The van der Waals surface area contributed by atoms with E-state index in [0.717, 1.165) is 5.56 Å². The van der Waals surface area contributed by atoms with E-state index in [-0.39, 0.29) is 13.2 Å². The van der Waals surface area contributed by atoms with E-state index in [1.807, 2.05) is 12.3 Å². The molecule has 0 aromatic carbocycles. The Bertz CT molecular complexity index is 379. The summed E-state index contributed by atoms with van der Waals surface area (Å²) < 4.78 is 9.83. The molecule has 0 aliphatic rings. The average molecular weight is 256 g/mol. The summed E-state index contributed by atoms with van der Waals surface area (Å²) in [5, 5.41) is 3.68. The number of carbonyl (C=O) groups is 2. The molecule has 0 atom stereocenters. The molecular weight excluding hydrogens is 240 g/mol. The van der Waals surface area contributed by atoms with Gasteiger partial charge in [-0.05, 0) is 42.7 Å². The summed E-state index contributed by atoms with van der Waals surface area (Å²) in [6.07, 6.45) is 0. The van der Waals surface area contributed by atoms with E-state index in [1.165, 1.54) is 11.3 Å². The van der Waals surface area contributed by atoms with Crippen LogP contribution in [-0.2, 0) is 19.1 Å². The maximum Gasteiger partial charge on any atom is 0.324 e. The van der Waals surface area contributed by atoms with Crippen LogP contribution in [-0.4, -0.2) is 25.2 Å². The van der Waals surface area contributed by atoms with Gasteiger partial charge in [-0.25, -0.2) is 0 Å². The Morgan fingerprint density at radius 3 is 2.06 bits per heavy atom. The highest BCUT2D eigenvalue weighted by Crippen LogP contribution is 2.26. The standard InChI is InChI=1S/C12H16O4S/c1-4-15-11(13)10(12(14)16-5-2)9-7-17-6-8(9)3/h6-7,10H,4-5H2,1-3H3. The minimum absolute atomic E-state index is 0.248. The van der Waals surface area contributed by atoms with Gasteiger partial charge in [-0.3, -0.25) is 9.59 Å². The van der Waals surface area contributed by atoms with E-state index in [9.17, 15) is 9.59 Å². The van der Waals surface area contributed by atoms with Crippen molar-refractivity contribution < 1.29 is 19.1 Å². The molecule has 0 spiro atoms. The van der Waals surface area contributed by atoms with E-state index < -0.39 is 17.9 Å². The fourth-order valence-corrected chi connectivity index (χ4v) is 2.34. The molecule has 17 heavy (non-hydrogen) atoms. The first-order chi connectivity index (χ1) is 8.11. The summed E-state index contributed by atoms with van der Waals surface area (Å²) in [6.45, 7) is 5.77. The third kappa shape index (κ3) is 3.30. The maximum absolute atomic E-state index is 11.8. The molecule has 0 N–H and O–H groups in total. The lowest BCUT2D eigenvalue weighted by Crippen LogP contribution is -2.26. The number of esters is 2. The molecule has 1 heterocycles. The molecule has 0 saturated carbocycles. The molecule has 0 unspecified atom stereocenters. The van der Waals surface area contributed by atoms with Gasteiger partial charge in [-0.15, -0.1) is 0 Å². The highest BCUT2D eigenvalue weighted by atomic mass is 32.1. The first kappa shape index (κ1) is 13.7. The van der Waals surface area contributed by atoms with Crippen molar-refractivity contribution in [2.45, 2.75) is 26.7 Å².